The number of benzene rings is 1. The topological polar surface area (TPSA) is 443 Å². The maximum absolute atomic E-state index is 14.9. The first-order valence-corrected chi connectivity index (χ1v) is 46.9. The molecule has 0 radical (unpaired) electrons. The fourth-order valence-electron chi connectivity index (χ4n) is 14.6. The van der Waals surface area contributed by atoms with Gasteiger partial charge in [0.05, 0.1) is 0 Å². The molecule has 31 nitrogen and oxygen atoms in total. The van der Waals surface area contributed by atoms with Crippen LogP contribution in [0.25, 0.3) is 0 Å². The molecule has 0 heterocycles. The first kappa shape index (κ1) is 116. The van der Waals surface area contributed by atoms with E-state index in [1.165, 1.54) is 0 Å². The van der Waals surface area contributed by atoms with E-state index in [1.54, 1.807) is 20.8 Å². The Morgan fingerprint density at radius 1 is 0.213 bits per heavy atom. The maximum Gasteiger partial charge on any atom is 0.408 e. The molecule has 1 rings (SSSR count). The first-order valence-electron chi connectivity index (χ1n) is 46.9. The zero-order chi connectivity index (χ0) is 97.4. The van der Waals surface area contributed by atoms with E-state index in [4.69, 9.17) is 9.47 Å². The number of hydrogen-bond donors (Lipinski definition) is 14. The van der Waals surface area contributed by atoms with E-state index in [-0.39, 0.29) is 179 Å². The van der Waals surface area contributed by atoms with Crippen molar-refractivity contribution < 1.29 is 81.4 Å². The SMILES string of the molecule is CC(C)C[C@H](NC(=O)OC(C)(C)C)C(=O)N[C@@H](CC(C)C)C(=O)N[C@@H](CC(C)C)C(=O)N[C@@H](CC(C)C)C(=O)N[C@@H](CC(C)C)C(=O)N[C@@H](CC(C)C)C(=O)N[C@@H](CC(C)C)C(=O)N[C@@H](CC(C)C)C(=O)N[C@@H](CC(C)C)C(=O)N[C@@H](CC(C)C)C(=O)N[C@@H](CC(C)C)C(=O)N[C@@H](CC(C)C)C(=O)N[C@@H](CC(C)C)C(=O)N[C@@H](CC(C)C)C(=O)OCc1ccccc1. The van der Waals surface area contributed by atoms with Gasteiger partial charge in [-0.3, -0.25) is 62.3 Å². The number of hydrogen-bond acceptors (Lipinski definition) is 17. The van der Waals surface area contributed by atoms with E-state index in [9.17, 15) is 71.9 Å². The smallest absolute Gasteiger partial charge is 0.408 e. The van der Waals surface area contributed by atoms with Gasteiger partial charge in [-0.05, 0) is 199 Å². The summed E-state index contributed by atoms with van der Waals surface area (Å²) in [6, 6.07) is -7.57. The largest absolute Gasteiger partial charge is 0.459 e. The van der Waals surface area contributed by atoms with Gasteiger partial charge in [-0.25, -0.2) is 9.59 Å². The standard InChI is InChI=1S/C96H170N14O17/c1-52(2)37-67(98-83(113)69(39-54(5)6)100-85(115)71(41-56(9)10)102-87(117)73(43-58(13)14)104-89(119)75(45-60(17)18)106-91(121)77(47-62(21)22)108-93(123)79(49-64(25)26)110-95(125)127-96(29,30)31)81(111)97-68(38-53(3)4)82(112)99-70(40-55(7)8)84(114)101-72(42-57(11)12)86(116)103-74(44-59(15)16)88(118)105-76(46-61(19)20)90(120)107-78(48-63(23)24)92(122)109-80(50-65(27)28)94(124)126-51-66-35-33-32-34-36-66/h32-36,52-65,67-80H,37-51H2,1-31H3,(H,97,111)(H,98,113)(H,99,112)(H,100,115)(H,101,114)(H,102,117)(H,103,116)(H,104,119)(H,105,118)(H,106,121)(H,107,120)(H,108,123)(H,109,122)(H,110,125)/t67-,68-,69-,70-,71-,72-,73-,74-,75-,76-,77-,78-,79-,80-/m0/s1. The zero-order valence-corrected chi connectivity index (χ0v) is 83.1. The number of carbonyl (C=O) groups is 15. The van der Waals surface area contributed by atoms with Gasteiger partial charge in [0.1, 0.15) is 96.8 Å². The van der Waals surface area contributed by atoms with Crippen molar-refractivity contribution in [3.63, 3.8) is 0 Å². The molecule has 0 aromatic heterocycles. The molecule has 0 bridgehead atoms. The normalized spacial score (nSPS) is 15.3. The first-order chi connectivity index (χ1) is 58.7. The Morgan fingerprint density at radius 2 is 0.346 bits per heavy atom. The highest BCUT2D eigenvalue weighted by atomic mass is 16.6. The summed E-state index contributed by atoms with van der Waals surface area (Å²) in [5.41, 5.74) is -0.0768. The van der Waals surface area contributed by atoms with Gasteiger partial charge < -0.3 is 83.9 Å². The van der Waals surface area contributed by atoms with Crippen LogP contribution < -0.4 is 74.4 Å². The van der Waals surface area contributed by atoms with Crippen LogP contribution in [0.4, 0.5) is 4.79 Å². The lowest BCUT2D eigenvalue weighted by atomic mass is 9.97. The summed E-state index contributed by atoms with van der Waals surface area (Å²) < 4.78 is 11.1. The molecule has 1 aromatic carbocycles. The van der Waals surface area contributed by atoms with Gasteiger partial charge >= 0.3 is 12.1 Å². The third-order valence-electron chi connectivity index (χ3n) is 20.3. The fourth-order valence-corrected chi connectivity index (χ4v) is 14.6. The molecule has 127 heavy (non-hydrogen) atoms. The van der Waals surface area contributed by atoms with Gasteiger partial charge in [0, 0.05) is 0 Å². The van der Waals surface area contributed by atoms with Crippen LogP contribution in [-0.2, 0) is 83.2 Å². The summed E-state index contributed by atoms with van der Waals surface area (Å²) in [6.45, 7) is 57.3. The van der Waals surface area contributed by atoms with Crippen LogP contribution in [-0.4, -0.2) is 179 Å². The number of esters is 1. The Labute approximate surface area is 761 Å². The summed E-state index contributed by atoms with van der Waals surface area (Å²) in [5.74, 6) is -11.7. The second-order valence-electron chi connectivity index (χ2n) is 41.9. The Hall–Kier alpha value is -8.93. The second-order valence-corrected chi connectivity index (χ2v) is 41.9. The number of alkyl carbamates (subject to hydrolysis) is 1. The highest BCUT2D eigenvalue weighted by Gasteiger charge is 2.41. The van der Waals surface area contributed by atoms with Crippen molar-refractivity contribution >= 4 is 88.9 Å². The van der Waals surface area contributed by atoms with Crippen LogP contribution in [0.15, 0.2) is 30.3 Å². The third kappa shape index (κ3) is 49.4. The Balaban J connectivity index is 3.69. The average molecular weight is 1790 g/mol. The van der Waals surface area contributed by atoms with Crippen molar-refractivity contribution in [3.05, 3.63) is 35.9 Å². The van der Waals surface area contributed by atoms with Crippen molar-refractivity contribution in [3.8, 4) is 0 Å². The van der Waals surface area contributed by atoms with Crippen molar-refractivity contribution in [2.45, 2.75) is 401 Å². The van der Waals surface area contributed by atoms with E-state index in [0.29, 0.717) is 0 Å². The second kappa shape index (κ2) is 57.9. The van der Waals surface area contributed by atoms with Gasteiger partial charge in [0.15, 0.2) is 0 Å². The van der Waals surface area contributed by atoms with Crippen LogP contribution in [0.3, 0.4) is 0 Å². The summed E-state index contributed by atoms with van der Waals surface area (Å²) in [6.07, 6.45) is 1.09. The Morgan fingerprint density at radius 3 is 0.488 bits per heavy atom. The quantitative estimate of drug-likeness (QED) is 0.0269. The predicted molar refractivity (Wildman–Crippen MR) is 497 cm³/mol. The number of amides is 14. The lowest BCUT2D eigenvalue weighted by molar-refractivity contribution is -0.150. The molecule has 0 aliphatic carbocycles. The van der Waals surface area contributed by atoms with Crippen LogP contribution in [0.2, 0.25) is 0 Å². The highest BCUT2D eigenvalue weighted by Crippen LogP contribution is 2.22. The van der Waals surface area contributed by atoms with Crippen LogP contribution in [0, 0.1) is 82.9 Å². The molecule has 14 atom stereocenters. The molecule has 14 N–H and O–H groups in total. The van der Waals surface area contributed by atoms with Gasteiger partial charge in [0.2, 0.25) is 76.8 Å². The lowest BCUT2D eigenvalue weighted by Crippen LogP contribution is -2.61. The molecule has 0 saturated carbocycles. The minimum atomic E-state index is -1.27. The molecular weight excluding hydrogens is 1620 g/mol. The molecule has 0 unspecified atom stereocenters. The molecule has 0 spiro atoms. The van der Waals surface area contributed by atoms with Gasteiger partial charge in [-0.1, -0.05) is 224 Å². The van der Waals surface area contributed by atoms with E-state index < -0.39 is 179 Å². The summed E-state index contributed by atoms with van der Waals surface area (Å²) in [4.78, 5) is 217. The summed E-state index contributed by atoms with van der Waals surface area (Å²) >= 11 is 0. The van der Waals surface area contributed by atoms with Crippen molar-refractivity contribution in [1.82, 2.24) is 74.4 Å². The van der Waals surface area contributed by atoms with Gasteiger partial charge in [-0.2, -0.15) is 0 Å². The van der Waals surface area contributed by atoms with Crippen molar-refractivity contribution in [2.75, 3.05) is 0 Å². The molecule has 726 valence electrons. The van der Waals surface area contributed by atoms with Crippen molar-refractivity contribution in [1.29, 1.82) is 0 Å². The molecule has 0 fully saturated rings. The predicted octanol–water partition coefficient (Wildman–Crippen LogP) is 10.6. The highest BCUT2D eigenvalue weighted by molar-refractivity contribution is 6.00. The van der Waals surface area contributed by atoms with E-state index in [0.717, 1.165) is 5.56 Å². The number of rotatable bonds is 58. The monoisotopic (exact) mass is 1790 g/mol. The minimum absolute atomic E-state index is 0.00251. The molecule has 0 aliphatic rings. The number of nitrogens with one attached hydrogen (secondary N) is 14. The molecule has 0 saturated heterocycles. The molecular formula is C96H170N14O17. The molecule has 14 amide bonds. The summed E-state index contributed by atoms with van der Waals surface area (Å²) in [7, 11) is 0. The minimum Gasteiger partial charge on any atom is -0.459 e. The molecule has 31 heteroatoms. The number of ether oxygens (including phenoxy) is 2. The van der Waals surface area contributed by atoms with E-state index in [2.05, 4.69) is 74.4 Å². The van der Waals surface area contributed by atoms with E-state index in [1.807, 2.05) is 224 Å². The van der Waals surface area contributed by atoms with Gasteiger partial charge in [0.25, 0.3) is 0 Å². The average Bonchev–Trinajstić information content (AvgIpc) is 0.852. The van der Waals surface area contributed by atoms with Crippen LogP contribution in [0.5, 0.6) is 0 Å². The van der Waals surface area contributed by atoms with E-state index >= 15 is 0 Å². The van der Waals surface area contributed by atoms with Crippen LogP contribution in [0.1, 0.15) is 310 Å². The zero-order valence-electron chi connectivity index (χ0n) is 83.1. The maximum atomic E-state index is 14.9. The van der Waals surface area contributed by atoms with Crippen molar-refractivity contribution in [2.24, 2.45) is 82.9 Å². The number of carbonyl (C=O) groups excluding carboxylic acids is 15. The summed E-state index contributed by atoms with van der Waals surface area (Å²) in [5, 5.41) is 39.9. The molecule has 0 aliphatic heterocycles. The Kier molecular flexibility index (Phi) is 52.9. The lowest BCUT2D eigenvalue weighted by Gasteiger charge is -2.30. The molecule has 1 aromatic rings. The van der Waals surface area contributed by atoms with Crippen LogP contribution >= 0.6 is 0 Å². The fraction of sp³-hybridized carbons (Fsp3) is 0.781. The third-order valence-corrected chi connectivity index (χ3v) is 20.3. The van der Waals surface area contributed by atoms with Gasteiger partial charge in [-0.15, -0.1) is 0 Å². The Bertz CT molecular complexity index is 3570.